The van der Waals surface area contributed by atoms with Gasteiger partial charge in [-0.15, -0.1) is 0 Å². The molecule has 3 heteroatoms. The van der Waals surface area contributed by atoms with Crippen LogP contribution in [0.15, 0.2) is 0 Å². The van der Waals surface area contributed by atoms with Gasteiger partial charge in [0, 0.05) is 0 Å². The predicted molar refractivity (Wildman–Crippen MR) is 49.2 cm³/mol. The first kappa shape index (κ1) is 8.54. The number of hydrogen-bond acceptors (Lipinski definition) is 2. The fraction of sp³-hybridized carbons (Fsp3) is 0.889. The van der Waals surface area contributed by atoms with Gasteiger partial charge in [0.15, 0.2) is 0 Å². The van der Waals surface area contributed by atoms with Crippen molar-refractivity contribution in [2.45, 2.75) is 43.0 Å². The highest BCUT2D eigenvalue weighted by Gasteiger charge is 2.45. The molecule has 1 saturated carbocycles. The van der Waals surface area contributed by atoms with Crippen molar-refractivity contribution in [2.24, 2.45) is 5.92 Å². The molecule has 0 spiro atoms. The molecule has 0 unspecified atom stereocenters. The molecule has 0 amide bonds. The lowest BCUT2D eigenvalue weighted by Gasteiger charge is -2.34. The number of ether oxygens (including phenoxy) is 1. The Labute approximate surface area is 80.8 Å². The lowest BCUT2D eigenvalue weighted by atomic mass is 9.90. The van der Waals surface area contributed by atoms with Crippen molar-refractivity contribution in [1.82, 2.24) is 0 Å². The van der Waals surface area contributed by atoms with Gasteiger partial charge in [-0.25, -0.2) is 0 Å². The van der Waals surface area contributed by atoms with Crippen LogP contribution in [0.1, 0.15) is 32.6 Å². The highest BCUT2D eigenvalue weighted by molar-refractivity contribution is 9.10. The van der Waals surface area contributed by atoms with E-state index >= 15 is 0 Å². The fourth-order valence-corrected chi connectivity index (χ4v) is 2.74. The molecule has 12 heavy (non-hydrogen) atoms. The van der Waals surface area contributed by atoms with Gasteiger partial charge in [0.2, 0.25) is 0 Å². The number of hydrogen-bond donors (Lipinski definition) is 0. The number of halogens is 1. The van der Waals surface area contributed by atoms with Crippen molar-refractivity contribution in [3.05, 3.63) is 0 Å². The molecule has 0 aromatic rings. The molecule has 0 aromatic heterocycles. The Balaban J connectivity index is 2.14. The molecule has 0 N–H and O–H groups in total. The van der Waals surface area contributed by atoms with Gasteiger partial charge in [-0.1, -0.05) is 15.9 Å². The van der Waals surface area contributed by atoms with Crippen molar-refractivity contribution in [3.63, 3.8) is 0 Å². The van der Waals surface area contributed by atoms with Crippen LogP contribution in [0, 0.1) is 5.92 Å². The van der Waals surface area contributed by atoms with Gasteiger partial charge in [0.1, 0.15) is 10.4 Å². The Hall–Kier alpha value is -0.0500. The molecule has 0 radical (unpaired) electrons. The van der Waals surface area contributed by atoms with Crippen molar-refractivity contribution >= 4 is 21.9 Å². The van der Waals surface area contributed by atoms with Crippen LogP contribution in [-0.4, -0.2) is 16.4 Å². The molecular formula is C9H13BrO2. The number of carbonyl (C=O) groups excluding carboxylic acids is 1. The van der Waals surface area contributed by atoms with E-state index in [9.17, 15) is 4.79 Å². The standard InChI is InChI=1S/C9H13BrO2/c1-9(10)5-6-3-2-4-7(6)12-8(9)11/h6-7H,2-5H2,1H3/t6-,7-,9-/m1/s1. The molecule has 68 valence electrons. The summed E-state index contributed by atoms with van der Waals surface area (Å²) in [5.41, 5.74) is 0. The molecule has 1 aliphatic heterocycles. The Morgan fingerprint density at radius 1 is 1.58 bits per heavy atom. The molecule has 2 nitrogen and oxygen atoms in total. The lowest BCUT2D eigenvalue weighted by molar-refractivity contribution is -0.159. The van der Waals surface area contributed by atoms with Gasteiger partial charge in [-0.2, -0.15) is 0 Å². The summed E-state index contributed by atoms with van der Waals surface area (Å²) < 4.78 is 4.92. The van der Waals surface area contributed by atoms with Crippen LogP contribution in [0.2, 0.25) is 0 Å². The minimum atomic E-state index is -0.418. The summed E-state index contributed by atoms with van der Waals surface area (Å²) in [5, 5.41) is 0. The smallest absolute Gasteiger partial charge is 0.322 e. The maximum Gasteiger partial charge on any atom is 0.322 e. The molecule has 1 aliphatic carbocycles. The maximum atomic E-state index is 11.4. The minimum Gasteiger partial charge on any atom is -0.461 e. The molecule has 2 rings (SSSR count). The van der Waals surface area contributed by atoms with Gasteiger partial charge in [0.05, 0.1) is 0 Å². The Bertz CT molecular complexity index is 213. The Kier molecular flexibility index (Phi) is 1.94. The van der Waals surface area contributed by atoms with Crippen molar-refractivity contribution in [2.75, 3.05) is 0 Å². The lowest BCUT2D eigenvalue weighted by Crippen LogP contribution is -2.43. The van der Waals surface area contributed by atoms with Crippen molar-refractivity contribution < 1.29 is 9.53 Å². The van der Waals surface area contributed by atoms with Crippen LogP contribution in [0.4, 0.5) is 0 Å². The molecule has 3 atom stereocenters. The fourth-order valence-electron chi connectivity index (χ4n) is 2.23. The summed E-state index contributed by atoms with van der Waals surface area (Å²) in [7, 11) is 0. The van der Waals surface area contributed by atoms with Crippen LogP contribution < -0.4 is 0 Å². The second-order valence-corrected chi connectivity index (χ2v) is 5.79. The van der Waals surface area contributed by atoms with Crippen LogP contribution in [0.25, 0.3) is 0 Å². The summed E-state index contributed by atoms with van der Waals surface area (Å²) in [6, 6.07) is 0. The normalized spacial score (nSPS) is 47.0. The van der Waals surface area contributed by atoms with E-state index in [4.69, 9.17) is 4.74 Å². The van der Waals surface area contributed by atoms with Crippen LogP contribution in [-0.2, 0) is 9.53 Å². The number of esters is 1. The zero-order valence-corrected chi connectivity index (χ0v) is 8.76. The summed E-state index contributed by atoms with van der Waals surface area (Å²) in [4.78, 5) is 11.4. The molecule has 2 aliphatic rings. The van der Waals surface area contributed by atoms with E-state index in [0.29, 0.717) is 5.92 Å². The van der Waals surface area contributed by atoms with Crippen molar-refractivity contribution in [3.8, 4) is 0 Å². The first-order valence-electron chi connectivity index (χ1n) is 4.49. The molecule has 0 aromatic carbocycles. The minimum absolute atomic E-state index is 0.0781. The highest BCUT2D eigenvalue weighted by Crippen LogP contribution is 2.42. The zero-order valence-electron chi connectivity index (χ0n) is 7.18. The predicted octanol–water partition coefficient (Wildman–Crippen LogP) is 2.26. The summed E-state index contributed by atoms with van der Waals surface area (Å²) in [6.45, 7) is 1.91. The summed E-state index contributed by atoms with van der Waals surface area (Å²) >= 11 is 3.42. The summed E-state index contributed by atoms with van der Waals surface area (Å²) in [6.07, 6.45) is 4.67. The van der Waals surface area contributed by atoms with Crippen LogP contribution in [0.3, 0.4) is 0 Å². The first-order chi connectivity index (χ1) is 5.59. The largest absolute Gasteiger partial charge is 0.461 e. The van der Waals surface area contributed by atoms with Crippen LogP contribution in [0.5, 0.6) is 0 Å². The summed E-state index contributed by atoms with van der Waals surface area (Å²) in [5.74, 6) is 0.526. The van der Waals surface area contributed by atoms with Crippen LogP contribution >= 0.6 is 15.9 Å². The Morgan fingerprint density at radius 3 is 3.08 bits per heavy atom. The molecular weight excluding hydrogens is 220 g/mol. The van der Waals surface area contributed by atoms with Crippen molar-refractivity contribution in [1.29, 1.82) is 0 Å². The monoisotopic (exact) mass is 232 g/mol. The van der Waals surface area contributed by atoms with E-state index < -0.39 is 4.32 Å². The van der Waals surface area contributed by atoms with E-state index in [2.05, 4.69) is 15.9 Å². The average Bonchev–Trinajstić information content (AvgIpc) is 2.35. The van der Waals surface area contributed by atoms with E-state index in [1.165, 1.54) is 12.8 Å². The topological polar surface area (TPSA) is 26.3 Å². The zero-order chi connectivity index (χ0) is 8.77. The first-order valence-corrected chi connectivity index (χ1v) is 5.29. The molecule has 2 fully saturated rings. The van der Waals surface area contributed by atoms with Gasteiger partial charge in [0.25, 0.3) is 0 Å². The Morgan fingerprint density at radius 2 is 2.33 bits per heavy atom. The van der Waals surface area contributed by atoms with E-state index in [1.807, 2.05) is 6.92 Å². The van der Waals surface area contributed by atoms with Gasteiger partial charge in [-0.05, 0) is 38.5 Å². The number of carbonyl (C=O) groups is 1. The number of rotatable bonds is 0. The van der Waals surface area contributed by atoms with E-state index in [0.717, 1.165) is 12.8 Å². The molecule has 1 saturated heterocycles. The quantitative estimate of drug-likeness (QED) is 0.473. The second kappa shape index (κ2) is 2.72. The second-order valence-electron chi connectivity index (χ2n) is 4.04. The third-order valence-electron chi connectivity index (χ3n) is 2.92. The van der Waals surface area contributed by atoms with Gasteiger partial charge >= 0.3 is 5.97 Å². The third kappa shape index (κ3) is 1.28. The van der Waals surface area contributed by atoms with Gasteiger partial charge in [-0.3, -0.25) is 4.79 Å². The third-order valence-corrected chi connectivity index (χ3v) is 3.57. The molecule has 0 bridgehead atoms. The van der Waals surface area contributed by atoms with E-state index in [1.54, 1.807) is 0 Å². The number of fused-ring (bicyclic) bond motifs is 1. The van der Waals surface area contributed by atoms with Gasteiger partial charge < -0.3 is 4.74 Å². The number of alkyl halides is 1. The maximum absolute atomic E-state index is 11.4. The van der Waals surface area contributed by atoms with E-state index in [-0.39, 0.29) is 12.1 Å². The highest BCUT2D eigenvalue weighted by atomic mass is 79.9. The SMILES string of the molecule is C[C@@]1(Br)C[C@H]2CCC[C@H]2OC1=O. The molecule has 1 heterocycles. The average molecular weight is 233 g/mol.